The Balaban J connectivity index is 1.72. The molecular weight excluding hydrogens is 268 g/mol. The van der Waals surface area contributed by atoms with Gasteiger partial charge in [-0.15, -0.1) is 11.3 Å². The van der Waals surface area contributed by atoms with E-state index in [1.165, 1.54) is 22.6 Å². The minimum Gasteiger partial charge on any atom is -0.378 e. The number of nitrogens with zero attached hydrogens (tertiary/aromatic N) is 1. The summed E-state index contributed by atoms with van der Waals surface area (Å²) >= 11 is 1.47. The SMILES string of the molecule is CN(C)c1ccc(CCCNC(=O)c2cccs2)cc1. The van der Waals surface area contributed by atoms with Gasteiger partial charge in [0.15, 0.2) is 0 Å². The smallest absolute Gasteiger partial charge is 0.261 e. The van der Waals surface area contributed by atoms with Crippen molar-refractivity contribution in [1.29, 1.82) is 0 Å². The lowest BCUT2D eigenvalue weighted by molar-refractivity contribution is 0.0957. The van der Waals surface area contributed by atoms with Crippen LogP contribution in [0.4, 0.5) is 5.69 Å². The molecule has 0 fully saturated rings. The van der Waals surface area contributed by atoms with Crippen LogP contribution in [0.25, 0.3) is 0 Å². The molecule has 0 aliphatic carbocycles. The van der Waals surface area contributed by atoms with Crippen molar-refractivity contribution in [3.63, 3.8) is 0 Å². The first-order valence-corrected chi connectivity index (χ1v) is 7.63. The molecule has 3 nitrogen and oxygen atoms in total. The van der Waals surface area contributed by atoms with E-state index in [9.17, 15) is 4.79 Å². The predicted molar refractivity (Wildman–Crippen MR) is 85.7 cm³/mol. The summed E-state index contributed by atoms with van der Waals surface area (Å²) in [6.07, 6.45) is 1.94. The second-order valence-corrected chi connectivity index (χ2v) is 5.85. The molecule has 0 saturated carbocycles. The molecule has 1 aromatic carbocycles. The van der Waals surface area contributed by atoms with Crippen LogP contribution in [0.5, 0.6) is 0 Å². The van der Waals surface area contributed by atoms with Crippen molar-refractivity contribution < 1.29 is 4.79 Å². The number of hydrogen-bond donors (Lipinski definition) is 1. The Morgan fingerprint density at radius 1 is 1.20 bits per heavy atom. The highest BCUT2D eigenvalue weighted by molar-refractivity contribution is 7.12. The molecule has 0 spiro atoms. The van der Waals surface area contributed by atoms with Crippen LogP contribution in [0.2, 0.25) is 0 Å². The number of amides is 1. The minimum atomic E-state index is 0.0305. The lowest BCUT2D eigenvalue weighted by Gasteiger charge is -2.12. The molecule has 106 valence electrons. The Bertz CT molecular complexity index is 532. The third kappa shape index (κ3) is 4.10. The zero-order chi connectivity index (χ0) is 14.4. The molecule has 0 aliphatic rings. The molecule has 1 amide bonds. The molecule has 1 N–H and O–H groups in total. The summed E-state index contributed by atoms with van der Waals surface area (Å²) in [5.41, 5.74) is 2.51. The van der Waals surface area contributed by atoms with E-state index in [2.05, 4.69) is 34.5 Å². The molecule has 2 rings (SSSR count). The first kappa shape index (κ1) is 14.6. The van der Waals surface area contributed by atoms with Gasteiger partial charge in [-0.2, -0.15) is 0 Å². The minimum absolute atomic E-state index is 0.0305. The quantitative estimate of drug-likeness (QED) is 0.828. The van der Waals surface area contributed by atoms with Gasteiger partial charge < -0.3 is 10.2 Å². The molecule has 0 aliphatic heterocycles. The summed E-state index contributed by atoms with van der Waals surface area (Å²) < 4.78 is 0. The van der Waals surface area contributed by atoms with Crippen LogP contribution >= 0.6 is 11.3 Å². The van der Waals surface area contributed by atoms with Crippen molar-refractivity contribution in [2.45, 2.75) is 12.8 Å². The first-order valence-electron chi connectivity index (χ1n) is 6.75. The van der Waals surface area contributed by atoms with E-state index in [1.807, 2.05) is 31.6 Å². The molecule has 0 bridgehead atoms. The van der Waals surface area contributed by atoms with Crippen LogP contribution in [-0.4, -0.2) is 26.5 Å². The number of aryl methyl sites for hydroxylation is 1. The standard InChI is InChI=1S/C16H20N2OS/c1-18(2)14-9-7-13(8-10-14)5-3-11-17-16(19)15-6-4-12-20-15/h4,6-10,12H,3,5,11H2,1-2H3,(H,17,19). The van der Waals surface area contributed by atoms with Crippen LogP contribution in [0.1, 0.15) is 21.7 Å². The number of carbonyl (C=O) groups excluding carboxylic acids is 1. The third-order valence-electron chi connectivity index (χ3n) is 3.13. The monoisotopic (exact) mass is 288 g/mol. The Labute approximate surface area is 124 Å². The highest BCUT2D eigenvalue weighted by atomic mass is 32.1. The van der Waals surface area contributed by atoms with E-state index in [-0.39, 0.29) is 5.91 Å². The van der Waals surface area contributed by atoms with Crippen molar-refractivity contribution >= 4 is 22.9 Å². The van der Waals surface area contributed by atoms with E-state index in [1.54, 1.807) is 0 Å². The van der Waals surface area contributed by atoms with E-state index in [4.69, 9.17) is 0 Å². The van der Waals surface area contributed by atoms with Gasteiger partial charge in [0, 0.05) is 26.3 Å². The lowest BCUT2D eigenvalue weighted by atomic mass is 10.1. The number of hydrogen-bond acceptors (Lipinski definition) is 3. The zero-order valence-electron chi connectivity index (χ0n) is 11.9. The van der Waals surface area contributed by atoms with Gasteiger partial charge in [0.2, 0.25) is 0 Å². The van der Waals surface area contributed by atoms with E-state index >= 15 is 0 Å². The lowest BCUT2D eigenvalue weighted by Crippen LogP contribution is -2.23. The van der Waals surface area contributed by atoms with Crippen molar-refractivity contribution in [2.75, 3.05) is 25.5 Å². The molecular formula is C16H20N2OS. The van der Waals surface area contributed by atoms with Gasteiger partial charge in [0.05, 0.1) is 4.88 Å². The maximum atomic E-state index is 11.7. The average Bonchev–Trinajstić information content (AvgIpc) is 2.98. The number of thiophene rings is 1. The molecule has 1 heterocycles. The van der Waals surface area contributed by atoms with Gasteiger partial charge in [0.25, 0.3) is 5.91 Å². The normalized spacial score (nSPS) is 10.3. The number of nitrogens with one attached hydrogen (secondary N) is 1. The second kappa shape index (κ2) is 7.10. The summed E-state index contributed by atoms with van der Waals surface area (Å²) in [7, 11) is 4.07. The number of carbonyl (C=O) groups is 1. The molecule has 4 heteroatoms. The number of benzene rings is 1. The van der Waals surface area contributed by atoms with Gasteiger partial charge in [-0.1, -0.05) is 18.2 Å². The zero-order valence-corrected chi connectivity index (χ0v) is 12.7. The van der Waals surface area contributed by atoms with E-state index in [0.717, 1.165) is 17.7 Å². The van der Waals surface area contributed by atoms with E-state index in [0.29, 0.717) is 6.54 Å². The second-order valence-electron chi connectivity index (χ2n) is 4.90. The van der Waals surface area contributed by atoms with Crippen molar-refractivity contribution in [3.8, 4) is 0 Å². The van der Waals surface area contributed by atoms with Crippen LogP contribution in [0, 0.1) is 0 Å². The highest BCUT2D eigenvalue weighted by Crippen LogP contribution is 2.13. The Morgan fingerprint density at radius 2 is 1.95 bits per heavy atom. The summed E-state index contributed by atoms with van der Waals surface area (Å²) in [5.74, 6) is 0.0305. The third-order valence-corrected chi connectivity index (χ3v) is 3.99. The van der Waals surface area contributed by atoms with Crippen molar-refractivity contribution in [2.24, 2.45) is 0 Å². The van der Waals surface area contributed by atoms with Crippen LogP contribution < -0.4 is 10.2 Å². The van der Waals surface area contributed by atoms with Crippen molar-refractivity contribution in [3.05, 3.63) is 52.2 Å². The van der Waals surface area contributed by atoms with Crippen LogP contribution in [0.15, 0.2) is 41.8 Å². The first-order chi connectivity index (χ1) is 9.66. The highest BCUT2D eigenvalue weighted by Gasteiger charge is 2.04. The maximum Gasteiger partial charge on any atom is 0.261 e. The molecule has 0 radical (unpaired) electrons. The molecule has 20 heavy (non-hydrogen) atoms. The van der Waals surface area contributed by atoms with Crippen LogP contribution in [-0.2, 0) is 6.42 Å². The van der Waals surface area contributed by atoms with Crippen LogP contribution in [0.3, 0.4) is 0 Å². The largest absolute Gasteiger partial charge is 0.378 e. The molecule has 0 atom stereocenters. The topological polar surface area (TPSA) is 32.3 Å². The summed E-state index contributed by atoms with van der Waals surface area (Å²) in [4.78, 5) is 14.6. The fraction of sp³-hybridized carbons (Fsp3) is 0.312. The maximum absolute atomic E-state index is 11.7. The van der Waals surface area contributed by atoms with Crippen molar-refractivity contribution in [1.82, 2.24) is 5.32 Å². The molecule has 1 aromatic heterocycles. The fourth-order valence-electron chi connectivity index (χ4n) is 1.95. The Morgan fingerprint density at radius 3 is 2.55 bits per heavy atom. The van der Waals surface area contributed by atoms with Gasteiger partial charge in [-0.05, 0) is 42.0 Å². The van der Waals surface area contributed by atoms with Gasteiger partial charge in [0.1, 0.15) is 0 Å². The average molecular weight is 288 g/mol. The molecule has 2 aromatic rings. The number of anilines is 1. The summed E-state index contributed by atoms with van der Waals surface area (Å²) in [6, 6.07) is 12.3. The summed E-state index contributed by atoms with van der Waals surface area (Å²) in [5, 5.41) is 4.87. The number of rotatable bonds is 6. The van der Waals surface area contributed by atoms with E-state index < -0.39 is 0 Å². The summed E-state index contributed by atoms with van der Waals surface area (Å²) in [6.45, 7) is 0.714. The van der Waals surface area contributed by atoms with Gasteiger partial charge >= 0.3 is 0 Å². The fourth-order valence-corrected chi connectivity index (χ4v) is 2.59. The van der Waals surface area contributed by atoms with Gasteiger partial charge in [-0.25, -0.2) is 0 Å². The Hall–Kier alpha value is -1.81. The molecule has 0 unspecified atom stereocenters. The Kier molecular flexibility index (Phi) is 5.18. The molecule has 0 saturated heterocycles. The van der Waals surface area contributed by atoms with Gasteiger partial charge in [-0.3, -0.25) is 4.79 Å². The predicted octanol–water partition coefficient (Wildman–Crippen LogP) is 3.18.